The number of halogens is 3. The van der Waals surface area contributed by atoms with Crippen molar-refractivity contribution >= 4 is 29.9 Å². The van der Waals surface area contributed by atoms with Crippen LogP contribution in [-0.2, 0) is 0 Å². The number of guanidine groups is 1. The summed E-state index contributed by atoms with van der Waals surface area (Å²) in [5.74, 6) is -2.11. The molecule has 0 aromatic carbocycles. The number of hydrogen-bond acceptors (Lipinski definition) is 1. The Bertz CT molecular complexity index is 331. The standard InChI is InChI=1S/C15H27F2N3.HI/c16-15(17)9-5-4-6-12(10-15)11-19-14(18)20-13-7-2-1-3-8-13;/h12-13H,1-11H2,(H3,18,19,20);1H. The molecule has 2 aliphatic rings. The summed E-state index contributed by atoms with van der Waals surface area (Å²) in [5, 5.41) is 3.24. The fraction of sp³-hybridized carbons (Fsp3) is 0.933. The monoisotopic (exact) mass is 415 g/mol. The molecule has 2 rings (SSSR count). The Balaban J connectivity index is 0.00000220. The topological polar surface area (TPSA) is 50.4 Å². The van der Waals surface area contributed by atoms with Crippen LogP contribution in [0.2, 0.25) is 0 Å². The summed E-state index contributed by atoms with van der Waals surface area (Å²) in [5.41, 5.74) is 5.88. The molecule has 0 aromatic heterocycles. The van der Waals surface area contributed by atoms with Crippen molar-refractivity contribution in [3.05, 3.63) is 0 Å². The number of alkyl halides is 2. The van der Waals surface area contributed by atoms with E-state index in [0.29, 0.717) is 25.0 Å². The highest BCUT2D eigenvalue weighted by Gasteiger charge is 2.34. The zero-order valence-corrected chi connectivity index (χ0v) is 15.0. The first-order valence-electron chi connectivity index (χ1n) is 7.99. The van der Waals surface area contributed by atoms with Gasteiger partial charge >= 0.3 is 0 Å². The van der Waals surface area contributed by atoms with E-state index in [2.05, 4.69) is 10.3 Å². The largest absolute Gasteiger partial charge is 0.370 e. The summed E-state index contributed by atoms with van der Waals surface area (Å²) < 4.78 is 27.0. The van der Waals surface area contributed by atoms with Gasteiger partial charge in [0.25, 0.3) is 0 Å². The number of nitrogens with one attached hydrogen (secondary N) is 1. The summed E-state index contributed by atoms with van der Waals surface area (Å²) in [6.07, 6.45) is 8.39. The molecule has 2 aliphatic carbocycles. The third-order valence-corrected chi connectivity index (χ3v) is 4.47. The maximum Gasteiger partial charge on any atom is 0.248 e. The van der Waals surface area contributed by atoms with Crippen molar-refractivity contribution in [2.24, 2.45) is 16.6 Å². The predicted octanol–water partition coefficient (Wildman–Crippen LogP) is 4.06. The van der Waals surface area contributed by atoms with Gasteiger partial charge in [0.2, 0.25) is 5.92 Å². The molecule has 21 heavy (non-hydrogen) atoms. The van der Waals surface area contributed by atoms with Crippen molar-refractivity contribution < 1.29 is 8.78 Å². The van der Waals surface area contributed by atoms with Crippen LogP contribution in [0.3, 0.4) is 0 Å². The average Bonchev–Trinajstić information content (AvgIpc) is 2.58. The molecule has 124 valence electrons. The van der Waals surface area contributed by atoms with Gasteiger partial charge in [0.15, 0.2) is 5.96 Å². The lowest BCUT2D eigenvalue weighted by atomic mass is 9.96. The van der Waals surface area contributed by atoms with Crippen molar-refractivity contribution in [2.45, 2.75) is 76.2 Å². The van der Waals surface area contributed by atoms with Gasteiger partial charge < -0.3 is 11.1 Å². The van der Waals surface area contributed by atoms with E-state index < -0.39 is 5.92 Å². The highest BCUT2D eigenvalue weighted by molar-refractivity contribution is 14.0. The minimum Gasteiger partial charge on any atom is -0.370 e. The molecule has 2 fully saturated rings. The first-order chi connectivity index (χ1) is 9.55. The summed E-state index contributed by atoms with van der Waals surface area (Å²) in [7, 11) is 0. The van der Waals surface area contributed by atoms with Gasteiger partial charge in [-0.1, -0.05) is 25.7 Å². The molecule has 1 atom stereocenters. The van der Waals surface area contributed by atoms with Gasteiger partial charge in [-0.3, -0.25) is 4.99 Å². The quantitative estimate of drug-likeness (QED) is 0.316. The normalized spacial score (nSPS) is 27.5. The van der Waals surface area contributed by atoms with E-state index >= 15 is 0 Å². The highest BCUT2D eigenvalue weighted by atomic mass is 127. The van der Waals surface area contributed by atoms with Crippen LogP contribution < -0.4 is 11.1 Å². The summed E-state index contributed by atoms with van der Waals surface area (Å²) >= 11 is 0. The second kappa shape index (κ2) is 9.10. The van der Waals surface area contributed by atoms with E-state index in [1.165, 1.54) is 19.3 Å². The molecule has 2 saturated carbocycles. The van der Waals surface area contributed by atoms with E-state index in [0.717, 1.165) is 25.7 Å². The first kappa shape index (κ1) is 18.9. The molecule has 0 amide bonds. The van der Waals surface area contributed by atoms with Crippen LogP contribution in [0.15, 0.2) is 4.99 Å². The van der Waals surface area contributed by atoms with Gasteiger partial charge in [0.05, 0.1) is 0 Å². The Morgan fingerprint density at radius 3 is 2.48 bits per heavy atom. The smallest absolute Gasteiger partial charge is 0.248 e. The Labute approximate surface area is 143 Å². The fourth-order valence-corrected chi connectivity index (χ4v) is 3.33. The molecule has 0 aliphatic heterocycles. The Morgan fingerprint density at radius 1 is 1.10 bits per heavy atom. The zero-order chi connectivity index (χ0) is 14.4. The maximum atomic E-state index is 13.5. The molecule has 0 saturated heterocycles. The van der Waals surface area contributed by atoms with E-state index in [1.54, 1.807) is 0 Å². The summed E-state index contributed by atoms with van der Waals surface area (Å²) in [6, 6.07) is 0.420. The van der Waals surface area contributed by atoms with Gasteiger partial charge in [-0.25, -0.2) is 8.78 Å². The minimum atomic E-state index is -2.51. The van der Waals surface area contributed by atoms with Crippen LogP contribution in [0.1, 0.15) is 64.2 Å². The van der Waals surface area contributed by atoms with Crippen molar-refractivity contribution in [1.29, 1.82) is 0 Å². The number of nitrogens with two attached hydrogens (primary N) is 1. The van der Waals surface area contributed by atoms with E-state index in [4.69, 9.17) is 5.73 Å². The number of rotatable bonds is 3. The highest BCUT2D eigenvalue weighted by Crippen LogP contribution is 2.35. The van der Waals surface area contributed by atoms with Gasteiger partial charge in [0.1, 0.15) is 0 Å². The molecule has 0 heterocycles. The van der Waals surface area contributed by atoms with E-state index in [-0.39, 0.29) is 42.7 Å². The van der Waals surface area contributed by atoms with Gasteiger partial charge in [-0.2, -0.15) is 0 Å². The number of nitrogens with zero attached hydrogens (tertiary/aromatic N) is 1. The van der Waals surface area contributed by atoms with E-state index in [1.807, 2.05) is 0 Å². The Morgan fingerprint density at radius 2 is 1.76 bits per heavy atom. The molecule has 0 bridgehead atoms. The Kier molecular flexibility index (Phi) is 8.19. The molecule has 3 nitrogen and oxygen atoms in total. The van der Waals surface area contributed by atoms with Crippen LogP contribution in [-0.4, -0.2) is 24.5 Å². The first-order valence-corrected chi connectivity index (χ1v) is 7.99. The molecule has 0 spiro atoms. The van der Waals surface area contributed by atoms with Gasteiger partial charge in [0, 0.05) is 25.4 Å². The van der Waals surface area contributed by atoms with Crippen molar-refractivity contribution in [3.63, 3.8) is 0 Å². The number of hydrogen-bond donors (Lipinski definition) is 2. The Hall–Kier alpha value is -0.140. The minimum absolute atomic E-state index is 0. The van der Waals surface area contributed by atoms with Gasteiger partial charge in [-0.05, 0) is 31.6 Å². The fourth-order valence-electron chi connectivity index (χ4n) is 3.33. The van der Waals surface area contributed by atoms with Crippen LogP contribution >= 0.6 is 24.0 Å². The molecular formula is C15H28F2IN3. The number of aliphatic imine (C=N–C) groups is 1. The maximum absolute atomic E-state index is 13.5. The van der Waals surface area contributed by atoms with Crippen LogP contribution in [0.5, 0.6) is 0 Å². The second-order valence-electron chi connectivity index (χ2n) is 6.38. The van der Waals surface area contributed by atoms with Gasteiger partial charge in [-0.15, -0.1) is 24.0 Å². The summed E-state index contributed by atoms with van der Waals surface area (Å²) in [6.45, 7) is 0.432. The molecule has 3 N–H and O–H groups in total. The lowest BCUT2D eigenvalue weighted by Crippen LogP contribution is -2.41. The van der Waals surface area contributed by atoms with Crippen LogP contribution in [0, 0.1) is 5.92 Å². The van der Waals surface area contributed by atoms with Crippen LogP contribution in [0.4, 0.5) is 8.78 Å². The second-order valence-corrected chi connectivity index (χ2v) is 6.38. The lowest BCUT2D eigenvalue weighted by molar-refractivity contribution is -0.0241. The lowest BCUT2D eigenvalue weighted by Gasteiger charge is -2.23. The molecule has 6 heteroatoms. The molecule has 0 radical (unpaired) electrons. The van der Waals surface area contributed by atoms with Crippen molar-refractivity contribution in [1.82, 2.24) is 5.32 Å². The summed E-state index contributed by atoms with van der Waals surface area (Å²) in [4.78, 5) is 4.30. The van der Waals surface area contributed by atoms with Crippen molar-refractivity contribution in [3.8, 4) is 0 Å². The predicted molar refractivity (Wildman–Crippen MR) is 93.4 cm³/mol. The third-order valence-electron chi connectivity index (χ3n) is 4.47. The molecular weight excluding hydrogens is 387 g/mol. The molecule has 0 aromatic rings. The zero-order valence-electron chi connectivity index (χ0n) is 12.6. The van der Waals surface area contributed by atoms with Crippen molar-refractivity contribution in [2.75, 3.05) is 6.54 Å². The third kappa shape index (κ3) is 7.10. The van der Waals surface area contributed by atoms with Crippen LogP contribution in [0.25, 0.3) is 0 Å². The average molecular weight is 415 g/mol. The SMILES string of the molecule is I.NC(=NCC1CCCCC(F)(F)C1)NC1CCCCC1. The molecule has 1 unspecified atom stereocenters. The van der Waals surface area contributed by atoms with E-state index in [9.17, 15) is 8.78 Å².